The quantitative estimate of drug-likeness (QED) is 0.420. The minimum absolute atomic E-state index is 0.182. The number of rotatable bonds is 11. The highest BCUT2D eigenvalue weighted by molar-refractivity contribution is 5.84. The van der Waals surface area contributed by atoms with Crippen LogP contribution in [-0.2, 0) is 9.53 Å². The molecule has 3 aromatic rings. The molecule has 3 heterocycles. The molecule has 1 aliphatic heterocycles. The van der Waals surface area contributed by atoms with E-state index < -0.39 is 0 Å². The van der Waals surface area contributed by atoms with Crippen LogP contribution in [0.3, 0.4) is 0 Å². The molecule has 0 atom stereocenters. The van der Waals surface area contributed by atoms with Crippen molar-refractivity contribution in [2.24, 2.45) is 5.92 Å². The van der Waals surface area contributed by atoms with Gasteiger partial charge >= 0.3 is 0 Å². The van der Waals surface area contributed by atoms with E-state index in [-0.39, 0.29) is 6.10 Å². The first kappa shape index (κ1) is 23.4. The van der Waals surface area contributed by atoms with Crippen molar-refractivity contribution in [2.45, 2.75) is 71.8 Å². The minimum Gasteiger partial charge on any atom is -0.490 e. The van der Waals surface area contributed by atoms with Gasteiger partial charge in [-0.05, 0) is 37.8 Å². The molecule has 2 aromatic heterocycles. The molecule has 4 rings (SSSR count). The molecule has 0 saturated carbocycles. The van der Waals surface area contributed by atoms with Gasteiger partial charge in [0, 0.05) is 38.3 Å². The first-order chi connectivity index (χ1) is 16.0. The Hall–Kier alpha value is -2.74. The summed E-state index contributed by atoms with van der Waals surface area (Å²) in [7, 11) is 0. The fourth-order valence-corrected chi connectivity index (χ4v) is 4.32. The molecule has 33 heavy (non-hydrogen) atoms. The molecule has 1 N–H and O–H groups in total. The molecule has 1 saturated heterocycles. The van der Waals surface area contributed by atoms with Crippen LogP contribution in [0.25, 0.3) is 16.7 Å². The molecule has 8 nitrogen and oxygen atoms in total. The second-order valence-corrected chi connectivity index (χ2v) is 9.32. The van der Waals surface area contributed by atoms with Crippen LogP contribution in [0, 0.1) is 12.8 Å². The second-order valence-electron chi connectivity index (χ2n) is 9.32. The molecule has 0 bridgehead atoms. The van der Waals surface area contributed by atoms with Gasteiger partial charge in [-0.25, -0.2) is 4.98 Å². The largest absolute Gasteiger partial charge is 0.490 e. The summed E-state index contributed by atoms with van der Waals surface area (Å²) in [6.45, 7) is 8.39. The minimum atomic E-state index is 0.182. The summed E-state index contributed by atoms with van der Waals surface area (Å²) in [6, 6.07) is 6.01. The summed E-state index contributed by atoms with van der Waals surface area (Å²) in [6.07, 6.45) is 6.28. The van der Waals surface area contributed by atoms with Gasteiger partial charge in [-0.15, -0.1) is 10.2 Å². The molecular weight excluding hydrogens is 418 g/mol. The van der Waals surface area contributed by atoms with Gasteiger partial charge in [0.05, 0.1) is 24.2 Å². The predicted octanol–water partition coefficient (Wildman–Crippen LogP) is 4.73. The number of hydrogen-bond acceptors (Lipinski definition) is 7. The van der Waals surface area contributed by atoms with Gasteiger partial charge < -0.3 is 14.8 Å². The van der Waals surface area contributed by atoms with Crippen LogP contribution in [0.15, 0.2) is 18.2 Å². The van der Waals surface area contributed by atoms with Crippen molar-refractivity contribution < 1.29 is 14.3 Å². The van der Waals surface area contributed by atoms with Crippen LogP contribution < -0.4 is 10.1 Å². The summed E-state index contributed by atoms with van der Waals surface area (Å²) < 4.78 is 13.7. The Morgan fingerprint density at radius 2 is 2.03 bits per heavy atom. The number of nitrogens with zero attached hydrogens (tertiary/aromatic N) is 4. The normalized spacial score (nSPS) is 14.9. The standard InChI is InChI=1S/C25H35N5O3/c1-17(2)15-19(31)7-5-4-6-12-26-24-25-29-28-18(3)30(25)23-9-8-21(16-22(23)27-24)33-20-10-13-32-14-11-20/h8-9,16-17,20H,4-7,10-15H2,1-3H3,(H,26,27). The molecule has 0 radical (unpaired) electrons. The third-order valence-electron chi connectivity index (χ3n) is 5.99. The number of aromatic nitrogens is 4. The van der Waals surface area contributed by atoms with Crippen LogP contribution in [-0.4, -0.2) is 51.2 Å². The molecule has 1 aromatic carbocycles. The maximum Gasteiger partial charge on any atom is 0.204 e. The summed E-state index contributed by atoms with van der Waals surface area (Å²) >= 11 is 0. The van der Waals surface area contributed by atoms with Crippen molar-refractivity contribution in [1.82, 2.24) is 19.6 Å². The van der Waals surface area contributed by atoms with Crippen molar-refractivity contribution in [3.05, 3.63) is 24.0 Å². The smallest absolute Gasteiger partial charge is 0.204 e. The number of hydrogen-bond donors (Lipinski definition) is 1. The van der Waals surface area contributed by atoms with Crippen LogP contribution in [0.1, 0.15) is 64.6 Å². The lowest BCUT2D eigenvalue weighted by molar-refractivity contribution is -0.119. The molecule has 0 spiro atoms. The van der Waals surface area contributed by atoms with E-state index >= 15 is 0 Å². The van der Waals surface area contributed by atoms with E-state index in [0.29, 0.717) is 24.5 Å². The molecule has 0 unspecified atom stereocenters. The van der Waals surface area contributed by atoms with Gasteiger partial charge in [0.1, 0.15) is 23.5 Å². The summed E-state index contributed by atoms with van der Waals surface area (Å²) in [5.41, 5.74) is 2.53. The highest BCUT2D eigenvalue weighted by Gasteiger charge is 2.17. The number of anilines is 1. The van der Waals surface area contributed by atoms with Crippen LogP contribution in [0.4, 0.5) is 5.82 Å². The number of Topliss-reactive ketones (excluding diaryl/α,β-unsaturated/α-hetero) is 1. The number of ketones is 1. The second kappa shape index (κ2) is 10.9. The van der Waals surface area contributed by atoms with E-state index in [4.69, 9.17) is 14.5 Å². The molecule has 1 fully saturated rings. The number of fused-ring (bicyclic) bond motifs is 3. The SMILES string of the molecule is Cc1nnc2c(NCCCCCC(=O)CC(C)C)nc3cc(OC4CCOCC4)ccc3n12. The maximum atomic E-state index is 11.9. The van der Waals surface area contributed by atoms with Crippen molar-refractivity contribution >= 4 is 28.3 Å². The Kier molecular flexibility index (Phi) is 7.75. The van der Waals surface area contributed by atoms with E-state index in [2.05, 4.69) is 29.4 Å². The monoisotopic (exact) mass is 453 g/mol. The highest BCUT2D eigenvalue weighted by atomic mass is 16.5. The number of unbranched alkanes of at least 4 members (excludes halogenated alkanes) is 2. The van der Waals surface area contributed by atoms with Gasteiger partial charge in [-0.2, -0.15) is 0 Å². The summed E-state index contributed by atoms with van der Waals surface area (Å²) in [5.74, 6) is 3.18. The van der Waals surface area contributed by atoms with Crippen molar-refractivity contribution in [3.63, 3.8) is 0 Å². The van der Waals surface area contributed by atoms with E-state index in [1.54, 1.807) is 0 Å². The number of benzene rings is 1. The molecule has 0 amide bonds. The Balaban J connectivity index is 1.42. The summed E-state index contributed by atoms with van der Waals surface area (Å²) in [4.78, 5) is 16.7. The maximum absolute atomic E-state index is 11.9. The van der Waals surface area contributed by atoms with Gasteiger partial charge in [0.25, 0.3) is 0 Å². The Bertz CT molecular complexity index is 1090. The zero-order valence-corrected chi connectivity index (χ0v) is 20.0. The van der Waals surface area contributed by atoms with E-state index in [0.717, 1.165) is 85.9 Å². The van der Waals surface area contributed by atoms with Gasteiger partial charge in [-0.1, -0.05) is 20.3 Å². The highest BCUT2D eigenvalue weighted by Crippen LogP contribution is 2.26. The molecule has 1 aliphatic rings. The lowest BCUT2D eigenvalue weighted by Gasteiger charge is -2.23. The average Bonchev–Trinajstić information content (AvgIpc) is 3.18. The zero-order valence-electron chi connectivity index (χ0n) is 20.0. The third-order valence-corrected chi connectivity index (χ3v) is 5.99. The fraction of sp³-hybridized carbons (Fsp3) is 0.600. The number of nitrogens with one attached hydrogen (secondary N) is 1. The van der Waals surface area contributed by atoms with Crippen molar-refractivity contribution in [3.8, 4) is 5.75 Å². The van der Waals surface area contributed by atoms with Crippen LogP contribution >= 0.6 is 0 Å². The van der Waals surface area contributed by atoms with Gasteiger partial charge in [-0.3, -0.25) is 9.20 Å². The molecule has 0 aliphatic carbocycles. The van der Waals surface area contributed by atoms with E-state index in [1.165, 1.54) is 0 Å². The Morgan fingerprint density at radius 3 is 2.82 bits per heavy atom. The molecule has 8 heteroatoms. The Labute approximate surface area is 195 Å². The number of carbonyl (C=O) groups is 1. The Morgan fingerprint density at radius 1 is 1.21 bits per heavy atom. The molecule has 178 valence electrons. The third kappa shape index (κ3) is 5.99. The van der Waals surface area contributed by atoms with Gasteiger partial charge in [0.2, 0.25) is 5.65 Å². The van der Waals surface area contributed by atoms with E-state index in [1.807, 2.05) is 29.5 Å². The zero-order chi connectivity index (χ0) is 23.2. The number of aryl methyl sites for hydroxylation is 1. The average molecular weight is 454 g/mol. The summed E-state index contributed by atoms with van der Waals surface area (Å²) in [5, 5.41) is 12.1. The first-order valence-electron chi connectivity index (χ1n) is 12.2. The van der Waals surface area contributed by atoms with Crippen molar-refractivity contribution in [2.75, 3.05) is 25.1 Å². The fourth-order valence-electron chi connectivity index (χ4n) is 4.32. The van der Waals surface area contributed by atoms with E-state index in [9.17, 15) is 4.79 Å². The predicted molar refractivity (Wildman–Crippen MR) is 129 cm³/mol. The van der Waals surface area contributed by atoms with Crippen LogP contribution in [0.2, 0.25) is 0 Å². The van der Waals surface area contributed by atoms with Crippen molar-refractivity contribution in [1.29, 1.82) is 0 Å². The topological polar surface area (TPSA) is 90.6 Å². The molecular formula is C25H35N5O3. The lowest BCUT2D eigenvalue weighted by atomic mass is 10.0. The lowest BCUT2D eigenvalue weighted by Crippen LogP contribution is -2.25. The van der Waals surface area contributed by atoms with Crippen LogP contribution in [0.5, 0.6) is 5.75 Å². The number of ether oxygens (including phenoxy) is 2. The van der Waals surface area contributed by atoms with Gasteiger partial charge in [0.15, 0.2) is 5.82 Å². The number of carbonyl (C=O) groups excluding carboxylic acids is 1. The first-order valence-corrected chi connectivity index (χ1v) is 12.2.